The van der Waals surface area contributed by atoms with Crippen LogP contribution in [0.3, 0.4) is 0 Å². The van der Waals surface area contributed by atoms with Crippen LogP contribution in [0.25, 0.3) is 0 Å². The van der Waals surface area contributed by atoms with Crippen molar-refractivity contribution in [3.05, 3.63) is 59.7 Å². The molecule has 2 amide bonds. The topological polar surface area (TPSA) is 76.7 Å². The quantitative estimate of drug-likeness (QED) is 0.364. The predicted molar refractivity (Wildman–Crippen MR) is 122 cm³/mol. The minimum absolute atomic E-state index is 0.373. The lowest BCUT2D eigenvalue weighted by Gasteiger charge is -2.13. The fourth-order valence-corrected chi connectivity index (χ4v) is 2.86. The average molecular weight is 427 g/mol. The molecule has 6 nitrogen and oxygen atoms in total. The molecule has 6 heteroatoms. The van der Waals surface area contributed by atoms with Gasteiger partial charge in [-0.15, -0.1) is 0 Å². The number of para-hydroxylation sites is 1. The molecule has 0 unspecified atom stereocenters. The van der Waals surface area contributed by atoms with Crippen LogP contribution >= 0.6 is 0 Å². The van der Waals surface area contributed by atoms with Gasteiger partial charge in [0, 0.05) is 5.56 Å². The molecule has 0 aliphatic carbocycles. The summed E-state index contributed by atoms with van der Waals surface area (Å²) in [7, 11) is 0. The van der Waals surface area contributed by atoms with Crippen LogP contribution < -0.4 is 20.3 Å². The SMILES string of the molecule is CCCCCCOc1ccc(C(=O)NNC(=O)c2ccccc2OCCC(C)C)cc1. The Morgan fingerprint density at radius 3 is 2.26 bits per heavy atom. The summed E-state index contributed by atoms with van der Waals surface area (Å²) < 4.78 is 11.4. The van der Waals surface area contributed by atoms with Crippen molar-refractivity contribution >= 4 is 11.8 Å². The second-order valence-corrected chi connectivity index (χ2v) is 7.87. The first-order chi connectivity index (χ1) is 15.0. The molecular formula is C25H34N2O4. The number of hydrogen-bond donors (Lipinski definition) is 2. The molecule has 31 heavy (non-hydrogen) atoms. The standard InChI is InChI=1S/C25H34N2O4/c1-4-5-6-9-17-30-21-14-12-20(13-15-21)24(28)26-27-25(29)22-10-7-8-11-23(22)31-18-16-19(2)3/h7-8,10-15,19H,4-6,9,16-18H2,1-3H3,(H,26,28)(H,27,29). The first-order valence-corrected chi connectivity index (χ1v) is 11.1. The highest BCUT2D eigenvalue weighted by Gasteiger charge is 2.14. The number of carbonyl (C=O) groups is 2. The van der Waals surface area contributed by atoms with Crippen molar-refractivity contribution in [1.29, 1.82) is 0 Å². The molecule has 0 aromatic heterocycles. The van der Waals surface area contributed by atoms with Crippen LogP contribution in [-0.2, 0) is 0 Å². The third-order valence-electron chi connectivity index (χ3n) is 4.76. The number of unbranched alkanes of at least 4 members (excludes halogenated alkanes) is 3. The molecule has 2 rings (SSSR count). The van der Waals surface area contributed by atoms with Gasteiger partial charge in [-0.1, -0.05) is 52.2 Å². The van der Waals surface area contributed by atoms with Crippen molar-refractivity contribution < 1.29 is 19.1 Å². The highest BCUT2D eigenvalue weighted by molar-refractivity contribution is 6.00. The fourth-order valence-electron chi connectivity index (χ4n) is 2.86. The van der Waals surface area contributed by atoms with Crippen molar-refractivity contribution in [2.75, 3.05) is 13.2 Å². The van der Waals surface area contributed by atoms with Gasteiger partial charge < -0.3 is 9.47 Å². The minimum atomic E-state index is -0.430. The maximum atomic E-state index is 12.5. The number of hydrogen-bond acceptors (Lipinski definition) is 4. The summed E-state index contributed by atoms with van der Waals surface area (Å²) in [5.74, 6) is 0.902. The molecule has 0 aliphatic rings. The van der Waals surface area contributed by atoms with E-state index in [-0.39, 0.29) is 0 Å². The lowest BCUT2D eigenvalue weighted by Crippen LogP contribution is -2.41. The molecule has 168 valence electrons. The first-order valence-electron chi connectivity index (χ1n) is 11.1. The van der Waals surface area contributed by atoms with E-state index < -0.39 is 11.8 Å². The first kappa shape index (κ1) is 24.3. The van der Waals surface area contributed by atoms with E-state index in [2.05, 4.69) is 31.6 Å². The second-order valence-electron chi connectivity index (χ2n) is 7.87. The average Bonchev–Trinajstić information content (AvgIpc) is 2.77. The zero-order valence-corrected chi connectivity index (χ0v) is 18.8. The van der Waals surface area contributed by atoms with E-state index in [0.717, 1.165) is 25.0 Å². The Morgan fingerprint density at radius 2 is 1.55 bits per heavy atom. The largest absolute Gasteiger partial charge is 0.494 e. The van der Waals surface area contributed by atoms with Gasteiger partial charge in [-0.2, -0.15) is 0 Å². The molecule has 0 radical (unpaired) electrons. The summed E-state index contributed by atoms with van der Waals surface area (Å²) in [5.41, 5.74) is 5.71. The summed E-state index contributed by atoms with van der Waals surface area (Å²) in [6.07, 6.45) is 5.47. The molecular weight excluding hydrogens is 392 g/mol. The van der Waals surface area contributed by atoms with Gasteiger partial charge in [0.2, 0.25) is 0 Å². The van der Waals surface area contributed by atoms with E-state index >= 15 is 0 Å². The summed E-state index contributed by atoms with van der Waals surface area (Å²) >= 11 is 0. The van der Waals surface area contributed by atoms with E-state index in [0.29, 0.717) is 36.0 Å². The second kappa shape index (κ2) is 13.3. The molecule has 0 heterocycles. The van der Waals surface area contributed by atoms with Gasteiger partial charge in [0.1, 0.15) is 11.5 Å². The summed E-state index contributed by atoms with van der Waals surface area (Å²) in [6.45, 7) is 7.60. The zero-order chi connectivity index (χ0) is 22.5. The van der Waals surface area contributed by atoms with Crippen molar-refractivity contribution in [1.82, 2.24) is 10.9 Å². The fraction of sp³-hybridized carbons (Fsp3) is 0.440. The van der Waals surface area contributed by atoms with Crippen LogP contribution in [0.4, 0.5) is 0 Å². The van der Waals surface area contributed by atoms with Gasteiger partial charge >= 0.3 is 0 Å². The molecule has 0 atom stereocenters. The van der Waals surface area contributed by atoms with Crippen LogP contribution in [0.2, 0.25) is 0 Å². The Labute approximate surface area is 185 Å². The number of rotatable bonds is 12. The molecule has 2 N–H and O–H groups in total. The van der Waals surface area contributed by atoms with Crippen molar-refractivity contribution in [2.24, 2.45) is 5.92 Å². The maximum absolute atomic E-state index is 12.5. The Bertz CT molecular complexity index is 819. The number of ether oxygens (including phenoxy) is 2. The normalized spacial score (nSPS) is 10.6. The lowest BCUT2D eigenvalue weighted by atomic mass is 10.1. The molecule has 0 saturated heterocycles. The van der Waals surface area contributed by atoms with Crippen LogP contribution in [0.15, 0.2) is 48.5 Å². The Morgan fingerprint density at radius 1 is 0.839 bits per heavy atom. The number of carbonyl (C=O) groups excluding carboxylic acids is 2. The number of hydrazine groups is 1. The molecule has 0 bridgehead atoms. The molecule has 2 aromatic rings. The van der Waals surface area contributed by atoms with E-state index in [1.54, 1.807) is 42.5 Å². The Hall–Kier alpha value is -3.02. The van der Waals surface area contributed by atoms with E-state index in [1.807, 2.05) is 6.07 Å². The minimum Gasteiger partial charge on any atom is -0.494 e. The number of nitrogens with one attached hydrogen (secondary N) is 2. The van der Waals surface area contributed by atoms with Crippen LogP contribution in [0.1, 0.15) is 73.6 Å². The smallest absolute Gasteiger partial charge is 0.273 e. The van der Waals surface area contributed by atoms with E-state index in [4.69, 9.17) is 9.47 Å². The predicted octanol–water partition coefficient (Wildman–Crippen LogP) is 5.15. The molecule has 0 fully saturated rings. The third kappa shape index (κ3) is 8.70. The summed E-state index contributed by atoms with van der Waals surface area (Å²) in [6, 6.07) is 13.8. The third-order valence-corrected chi connectivity index (χ3v) is 4.76. The van der Waals surface area contributed by atoms with E-state index in [9.17, 15) is 9.59 Å². The Kier molecular flexibility index (Phi) is 10.4. The highest BCUT2D eigenvalue weighted by Crippen LogP contribution is 2.18. The van der Waals surface area contributed by atoms with Gasteiger partial charge in [-0.05, 0) is 55.2 Å². The molecule has 2 aromatic carbocycles. The van der Waals surface area contributed by atoms with Gasteiger partial charge in [0.15, 0.2) is 0 Å². The van der Waals surface area contributed by atoms with Crippen LogP contribution in [0, 0.1) is 5.92 Å². The number of benzene rings is 2. The molecule has 0 aliphatic heterocycles. The van der Waals surface area contributed by atoms with Crippen molar-refractivity contribution in [3.63, 3.8) is 0 Å². The van der Waals surface area contributed by atoms with Gasteiger partial charge in [0.05, 0.1) is 18.8 Å². The number of amides is 2. The summed E-state index contributed by atoms with van der Waals surface area (Å²) in [4.78, 5) is 24.9. The van der Waals surface area contributed by atoms with Crippen LogP contribution in [-0.4, -0.2) is 25.0 Å². The van der Waals surface area contributed by atoms with Gasteiger partial charge in [-0.25, -0.2) is 0 Å². The Balaban J connectivity index is 1.83. The molecule has 0 saturated carbocycles. The van der Waals surface area contributed by atoms with Crippen molar-refractivity contribution in [2.45, 2.75) is 52.9 Å². The lowest BCUT2D eigenvalue weighted by molar-refractivity contribution is 0.0844. The van der Waals surface area contributed by atoms with E-state index in [1.165, 1.54) is 12.8 Å². The zero-order valence-electron chi connectivity index (χ0n) is 18.8. The van der Waals surface area contributed by atoms with Gasteiger partial charge in [0.25, 0.3) is 11.8 Å². The maximum Gasteiger partial charge on any atom is 0.273 e. The van der Waals surface area contributed by atoms with Gasteiger partial charge in [-0.3, -0.25) is 20.4 Å². The molecule has 0 spiro atoms. The monoisotopic (exact) mass is 426 g/mol. The van der Waals surface area contributed by atoms with Crippen molar-refractivity contribution in [3.8, 4) is 11.5 Å². The highest BCUT2D eigenvalue weighted by atomic mass is 16.5. The summed E-state index contributed by atoms with van der Waals surface area (Å²) in [5, 5.41) is 0. The van der Waals surface area contributed by atoms with Crippen LogP contribution in [0.5, 0.6) is 11.5 Å².